The number of likely N-dealkylation sites (N-methyl/N-ethyl adjacent to an activating group) is 1. The largest absolute Gasteiger partial charge is 0.493 e. The predicted molar refractivity (Wildman–Crippen MR) is 121 cm³/mol. The molecule has 0 unspecified atom stereocenters. The Kier molecular flexibility index (Phi) is 8.07. The van der Waals surface area contributed by atoms with Gasteiger partial charge in [-0.15, -0.1) is 0 Å². The molecule has 180 valence electrons. The molecule has 0 spiro atoms. The summed E-state index contributed by atoms with van der Waals surface area (Å²) in [7, 11) is 3.09. The number of urea groups is 1. The minimum atomic E-state index is -0.672. The van der Waals surface area contributed by atoms with Gasteiger partial charge >= 0.3 is 12.0 Å². The third-order valence-electron chi connectivity index (χ3n) is 5.32. The predicted octanol–water partition coefficient (Wildman–Crippen LogP) is 1.96. The smallest absolute Gasteiger partial charge is 0.338 e. The number of amides is 4. The Balaban J connectivity index is 1.58. The molecule has 0 radical (unpaired) electrons. The molecule has 34 heavy (non-hydrogen) atoms. The van der Waals surface area contributed by atoms with Gasteiger partial charge < -0.3 is 24.4 Å². The van der Waals surface area contributed by atoms with E-state index in [4.69, 9.17) is 14.2 Å². The summed E-state index contributed by atoms with van der Waals surface area (Å²) < 4.78 is 15.8. The highest BCUT2D eigenvalue weighted by Crippen LogP contribution is 2.28. The molecule has 0 aliphatic carbocycles. The first kappa shape index (κ1) is 24.6. The van der Waals surface area contributed by atoms with Crippen LogP contribution in [-0.2, 0) is 27.4 Å². The van der Waals surface area contributed by atoms with Crippen molar-refractivity contribution in [1.82, 2.24) is 15.1 Å². The fraction of sp³-hybridized carbons (Fsp3) is 0.333. The fourth-order valence-electron chi connectivity index (χ4n) is 3.47. The lowest BCUT2D eigenvalue weighted by molar-refractivity contribution is -0.135. The van der Waals surface area contributed by atoms with Crippen LogP contribution in [0.5, 0.6) is 11.5 Å². The zero-order chi connectivity index (χ0) is 24.7. The van der Waals surface area contributed by atoms with Crippen LogP contribution in [0.15, 0.2) is 42.5 Å². The van der Waals surface area contributed by atoms with Crippen LogP contribution in [-0.4, -0.2) is 67.5 Å². The molecule has 10 heteroatoms. The standard InChI is InChI=1S/C24H27N3O7/c1-4-26(13-17-8-9-19(32-2)20(11-17)33-3)22(29)15-34-23(30)18-7-5-6-16(10-18)14-27-21(28)12-25-24(27)31/h5-11H,4,12-15H2,1-3H3,(H,25,31). The van der Waals surface area contributed by atoms with E-state index >= 15 is 0 Å². The summed E-state index contributed by atoms with van der Waals surface area (Å²) in [4.78, 5) is 51.3. The third kappa shape index (κ3) is 5.83. The number of nitrogens with one attached hydrogen (secondary N) is 1. The van der Waals surface area contributed by atoms with Crippen LogP contribution in [0.1, 0.15) is 28.4 Å². The molecule has 1 aliphatic heterocycles. The maximum atomic E-state index is 12.7. The van der Waals surface area contributed by atoms with Crippen molar-refractivity contribution in [2.24, 2.45) is 0 Å². The highest BCUT2D eigenvalue weighted by Gasteiger charge is 2.28. The van der Waals surface area contributed by atoms with E-state index in [0.29, 0.717) is 30.2 Å². The highest BCUT2D eigenvalue weighted by atomic mass is 16.5. The van der Waals surface area contributed by atoms with Gasteiger partial charge in [0.2, 0.25) is 5.91 Å². The number of rotatable bonds is 10. The Labute approximate surface area is 197 Å². The molecule has 3 rings (SSSR count). The molecule has 0 saturated carbocycles. The lowest BCUT2D eigenvalue weighted by atomic mass is 10.1. The minimum absolute atomic E-state index is 0.0413. The first-order chi connectivity index (χ1) is 16.4. The van der Waals surface area contributed by atoms with Crippen molar-refractivity contribution in [3.05, 3.63) is 59.2 Å². The van der Waals surface area contributed by atoms with E-state index in [9.17, 15) is 19.2 Å². The number of hydrogen-bond acceptors (Lipinski definition) is 7. The van der Waals surface area contributed by atoms with E-state index < -0.39 is 18.6 Å². The highest BCUT2D eigenvalue weighted by molar-refractivity contribution is 6.01. The minimum Gasteiger partial charge on any atom is -0.493 e. The average Bonchev–Trinajstić information content (AvgIpc) is 3.17. The Morgan fingerprint density at radius 3 is 2.44 bits per heavy atom. The average molecular weight is 469 g/mol. The number of carbonyl (C=O) groups is 4. The van der Waals surface area contributed by atoms with E-state index in [1.54, 1.807) is 42.3 Å². The number of methoxy groups -OCH3 is 2. The summed E-state index contributed by atoms with van der Waals surface area (Å²) in [6, 6.07) is 11.3. The SMILES string of the molecule is CCN(Cc1ccc(OC)c(OC)c1)C(=O)COC(=O)c1cccc(CN2C(=O)CNC2=O)c1. The van der Waals surface area contributed by atoms with Crippen LogP contribution >= 0.6 is 0 Å². The molecule has 0 atom stereocenters. The van der Waals surface area contributed by atoms with Crippen LogP contribution in [0.2, 0.25) is 0 Å². The Morgan fingerprint density at radius 1 is 1.03 bits per heavy atom. The van der Waals surface area contributed by atoms with Gasteiger partial charge in [-0.2, -0.15) is 0 Å². The van der Waals surface area contributed by atoms with E-state index in [1.165, 1.54) is 13.2 Å². The molecule has 10 nitrogen and oxygen atoms in total. The summed E-state index contributed by atoms with van der Waals surface area (Å²) >= 11 is 0. The van der Waals surface area contributed by atoms with Crippen LogP contribution in [0.25, 0.3) is 0 Å². The maximum Gasteiger partial charge on any atom is 0.338 e. The van der Waals surface area contributed by atoms with Gasteiger partial charge in [-0.3, -0.25) is 14.5 Å². The molecule has 1 fully saturated rings. The van der Waals surface area contributed by atoms with Crippen LogP contribution in [0.4, 0.5) is 4.79 Å². The van der Waals surface area contributed by atoms with Crippen LogP contribution in [0, 0.1) is 0 Å². The van der Waals surface area contributed by atoms with Gasteiger partial charge in [0, 0.05) is 13.1 Å². The number of nitrogens with zero attached hydrogens (tertiary/aromatic N) is 2. The summed E-state index contributed by atoms with van der Waals surface area (Å²) in [6.45, 7) is 2.15. The number of imide groups is 1. The van der Waals surface area contributed by atoms with Gasteiger partial charge in [-0.05, 0) is 42.3 Å². The molecule has 2 aromatic rings. The molecular formula is C24H27N3O7. The topological polar surface area (TPSA) is 114 Å². The second kappa shape index (κ2) is 11.2. The van der Waals surface area contributed by atoms with Crippen molar-refractivity contribution in [3.8, 4) is 11.5 Å². The van der Waals surface area contributed by atoms with Gasteiger partial charge in [0.15, 0.2) is 18.1 Å². The van der Waals surface area contributed by atoms with Crippen molar-refractivity contribution in [2.45, 2.75) is 20.0 Å². The van der Waals surface area contributed by atoms with Crippen LogP contribution < -0.4 is 14.8 Å². The molecule has 1 aliphatic rings. The Bertz CT molecular complexity index is 1070. The zero-order valence-corrected chi connectivity index (χ0v) is 19.3. The molecule has 1 N–H and O–H groups in total. The number of benzene rings is 2. The van der Waals surface area contributed by atoms with Crippen molar-refractivity contribution < 1.29 is 33.4 Å². The molecular weight excluding hydrogens is 442 g/mol. The fourth-order valence-corrected chi connectivity index (χ4v) is 3.47. The van der Waals surface area contributed by atoms with Crippen molar-refractivity contribution in [2.75, 3.05) is 33.9 Å². The van der Waals surface area contributed by atoms with Crippen molar-refractivity contribution in [1.29, 1.82) is 0 Å². The number of ether oxygens (including phenoxy) is 3. The number of esters is 1. The van der Waals surface area contributed by atoms with Crippen molar-refractivity contribution >= 4 is 23.8 Å². The second-order valence-corrected chi connectivity index (χ2v) is 7.51. The second-order valence-electron chi connectivity index (χ2n) is 7.51. The third-order valence-corrected chi connectivity index (χ3v) is 5.32. The van der Waals surface area contributed by atoms with E-state index in [0.717, 1.165) is 10.5 Å². The normalized spacial score (nSPS) is 12.9. The van der Waals surface area contributed by atoms with Gasteiger partial charge in [-0.25, -0.2) is 9.59 Å². The van der Waals surface area contributed by atoms with E-state index in [-0.39, 0.29) is 30.5 Å². The molecule has 1 saturated heterocycles. The summed E-state index contributed by atoms with van der Waals surface area (Å²) in [5.41, 5.74) is 1.66. The Hall–Kier alpha value is -4.08. The maximum absolute atomic E-state index is 12.7. The first-order valence-corrected chi connectivity index (χ1v) is 10.7. The van der Waals surface area contributed by atoms with Crippen molar-refractivity contribution in [3.63, 3.8) is 0 Å². The van der Waals surface area contributed by atoms with Gasteiger partial charge in [0.1, 0.15) is 0 Å². The summed E-state index contributed by atoms with van der Waals surface area (Å²) in [6.07, 6.45) is 0. The Morgan fingerprint density at radius 2 is 1.79 bits per heavy atom. The summed E-state index contributed by atoms with van der Waals surface area (Å²) in [5.74, 6) is -0.206. The van der Waals surface area contributed by atoms with Gasteiger partial charge in [-0.1, -0.05) is 18.2 Å². The van der Waals surface area contributed by atoms with E-state index in [2.05, 4.69) is 5.32 Å². The molecule has 1 heterocycles. The van der Waals surface area contributed by atoms with Gasteiger partial charge in [0.05, 0.1) is 32.9 Å². The summed E-state index contributed by atoms with van der Waals surface area (Å²) in [5, 5.41) is 2.45. The van der Waals surface area contributed by atoms with E-state index in [1.807, 2.05) is 13.0 Å². The molecule has 2 aromatic carbocycles. The lowest BCUT2D eigenvalue weighted by Crippen LogP contribution is -2.34. The number of hydrogen-bond donors (Lipinski definition) is 1. The first-order valence-electron chi connectivity index (χ1n) is 10.7. The van der Waals surface area contributed by atoms with Gasteiger partial charge in [0.25, 0.3) is 5.91 Å². The molecule has 0 aromatic heterocycles. The molecule has 0 bridgehead atoms. The molecule has 4 amide bonds. The lowest BCUT2D eigenvalue weighted by Gasteiger charge is -2.21. The number of carbonyl (C=O) groups excluding carboxylic acids is 4. The zero-order valence-electron chi connectivity index (χ0n) is 19.3. The quantitative estimate of drug-likeness (QED) is 0.418. The monoisotopic (exact) mass is 469 g/mol. The van der Waals surface area contributed by atoms with Crippen LogP contribution in [0.3, 0.4) is 0 Å².